The molecule has 0 radical (unpaired) electrons. The van der Waals surface area contributed by atoms with E-state index >= 15 is 4.39 Å². The maximum atomic E-state index is 15.2. The fourth-order valence-corrected chi connectivity index (χ4v) is 4.39. The number of pyridine rings is 1. The fraction of sp³-hybridized carbons (Fsp3) is 0.524. The van der Waals surface area contributed by atoms with Crippen LogP contribution in [0.25, 0.3) is 10.9 Å². The maximum absolute atomic E-state index is 15.2. The van der Waals surface area contributed by atoms with Gasteiger partial charge in [-0.05, 0) is 37.7 Å². The number of alkyl halides is 2. The summed E-state index contributed by atoms with van der Waals surface area (Å²) in [5.41, 5.74) is -1.83. The zero-order valence-electron chi connectivity index (χ0n) is 17.0. The number of benzene rings is 1. The summed E-state index contributed by atoms with van der Waals surface area (Å²) < 4.78 is 48.2. The van der Waals surface area contributed by atoms with E-state index < -0.39 is 47.9 Å². The molecule has 4 rings (SSSR count). The Hall–Kier alpha value is -2.79. The van der Waals surface area contributed by atoms with Crippen LogP contribution in [0.2, 0.25) is 0 Å². The highest BCUT2D eigenvalue weighted by Crippen LogP contribution is 2.45. The number of aliphatic hydroxyl groups is 2. The van der Waals surface area contributed by atoms with Crippen molar-refractivity contribution in [3.05, 3.63) is 33.9 Å². The van der Waals surface area contributed by atoms with Crippen molar-refractivity contribution in [2.24, 2.45) is 5.92 Å². The second kappa shape index (κ2) is 8.62. The van der Waals surface area contributed by atoms with Gasteiger partial charge in [0.2, 0.25) is 5.43 Å². The molecule has 32 heavy (non-hydrogen) atoms. The molecule has 1 aromatic heterocycles. The summed E-state index contributed by atoms with van der Waals surface area (Å²) in [5, 5.41) is 28.1. The molecule has 8 nitrogen and oxygen atoms in total. The van der Waals surface area contributed by atoms with Crippen molar-refractivity contribution in [3.8, 4) is 5.75 Å². The molecule has 1 saturated heterocycles. The molecule has 2 aliphatic rings. The van der Waals surface area contributed by atoms with E-state index in [0.717, 1.165) is 12.3 Å². The van der Waals surface area contributed by atoms with Crippen molar-refractivity contribution in [2.45, 2.75) is 44.4 Å². The molecule has 1 aliphatic heterocycles. The van der Waals surface area contributed by atoms with Gasteiger partial charge in [0.15, 0.2) is 11.6 Å². The summed E-state index contributed by atoms with van der Waals surface area (Å²) in [6, 6.07) is 0.672. The first-order valence-electron chi connectivity index (χ1n) is 10.4. The van der Waals surface area contributed by atoms with Gasteiger partial charge < -0.3 is 29.5 Å². The van der Waals surface area contributed by atoms with Gasteiger partial charge in [0.05, 0.1) is 23.6 Å². The number of hydrogen-bond donors (Lipinski definition) is 3. The number of carboxylic acids is 1. The Morgan fingerprint density at radius 3 is 2.41 bits per heavy atom. The van der Waals surface area contributed by atoms with E-state index in [0.29, 0.717) is 25.7 Å². The van der Waals surface area contributed by atoms with Crippen LogP contribution in [0.4, 0.5) is 18.9 Å². The molecule has 0 bridgehead atoms. The molecule has 0 amide bonds. The van der Waals surface area contributed by atoms with Crippen LogP contribution < -0.4 is 15.1 Å². The van der Waals surface area contributed by atoms with E-state index in [2.05, 4.69) is 0 Å². The van der Waals surface area contributed by atoms with Crippen molar-refractivity contribution in [3.63, 3.8) is 0 Å². The number of piperidine rings is 1. The first kappa shape index (κ1) is 22.4. The van der Waals surface area contributed by atoms with Gasteiger partial charge >= 0.3 is 12.6 Å². The average molecular weight is 456 g/mol. The Morgan fingerprint density at radius 2 is 1.88 bits per heavy atom. The number of rotatable bonds is 7. The summed E-state index contributed by atoms with van der Waals surface area (Å²) in [4.78, 5) is 25.8. The minimum Gasteiger partial charge on any atom is -0.477 e. The zero-order valence-corrected chi connectivity index (χ0v) is 17.0. The van der Waals surface area contributed by atoms with Crippen LogP contribution in [0.15, 0.2) is 17.1 Å². The quantitative estimate of drug-likeness (QED) is 0.586. The lowest BCUT2D eigenvalue weighted by molar-refractivity contribution is -0.0489. The zero-order chi connectivity index (χ0) is 23.2. The second-order valence-corrected chi connectivity index (χ2v) is 8.20. The SMILES string of the molecule is O=C(O)c1cn(C2CC2)c2c(OC(F)F)c(N3CCC([C@@H](O)CO)CC3)c(F)cc2c1=O. The van der Waals surface area contributed by atoms with Gasteiger partial charge in [-0.15, -0.1) is 0 Å². The van der Waals surface area contributed by atoms with Gasteiger partial charge in [0.1, 0.15) is 11.3 Å². The van der Waals surface area contributed by atoms with Gasteiger partial charge in [-0.1, -0.05) is 0 Å². The predicted octanol–water partition coefficient (Wildman–Crippen LogP) is 2.34. The average Bonchev–Trinajstić information content (AvgIpc) is 3.59. The summed E-state index contributed by atoms with van der Waals surface area (Å²) >= 11 is 0. The molecule has 1 aromatic carbocycles. The Morgan fingerprint density at radius 1 is 1.22 bits per heavy atom. The largest absolute Gasteiger partial charge is 0.477 e. The van der Waals surface area contributed by atoms with Gasteiger partial charge in [0, 0.05) is 25.3 Å². The number of hydrogen-bond acceptors (Lipinski definition) is 6. The number of anilines is 1. The number of aromatic nitrogens is 1. The number of fused-ring (bicyclic) bond motifs is 1. The normalized spacial score (nSPS) is 18.4. The molecular formula is C21H23F3N2O6. The van der Waals surface area contributed by atoms with Crippen LogP contribution in [-0.2, 0) is 0 Å². The van der Waals surface area contributed by atoms with Crippen LogP contribution in [0.5, 0.6) is 5.75 Å². The number of aromatic carboxylic acids is 1. The molecule has 0 unspecified atom stereocenters. The van der Waals surface area contributed by atoms with E-state index in [9.17, 15) is 28.6 Å². The summed E-state index contributed by atoms with van der Waals surface area (Å²) in [6.45, 7) is -3.28. The molecule has 0 spiro atoms. The molecular weight excluding hydrogens is 433 g/mol. The standard InChI is InChI=1S/C21H23F3N2O6/c22-14-7-12-16(26(11-1-2-11)8-13(18(12)29)20(30)31)19(32-21(23)24)17(14)25-5-3-10(4-6-25)15(28)9-27/h7-8,10-11,15,21,27-28H,1-6,9H2,(H,30,31)/t15-/m0/s1. The smallest absolute Gasteiger partial charge is 0.387 e. The molecule has 1 saturated carbocycles. The Bertz CT molecular complexity index is 1090. The van der Waals surface area contributed by atoms with Crippen LogP contribution in [0.1, 0.15) is 42.1 Å². The molecule has 11 heteroatoms. The Balaban J connectivity index is 1.90. The summed E-state index contributed by atoms with van der Waals surface area (Å²) in [6.07, 6.45) is 2.27. The molecule has 1 aliphatic carbocycles. The number of ether oxygens (including phenoxy) is 1. The highest BCUT2D eigenvalue weighted by atomic mass is 19.3. The van der Waals surface area contributed by atoms with Crippen molar-refractivity contribution in [2.75, 3.05) is 24.6 Å². The maximum Gasteiger partial charge on any atom is 0.387 e. The number of carbonyl (C=O) groups is 1. The van der Waals surface area contributed by atoms with E-state index in [4.69, 9.17) is 9.84 Å². The lowest BCUT2D eigenvalue weighted by Gasteiger charge is -2.36. The third-order valence-electron chi connectivity index (χ3n) is 6.16. The monoisotopic (exact) mass is 456 g/mol. The van der Waals surface area contributed by atoms with Crippen LogP contribution >= 0.6 is 0 Å². The lowest BCUT2D eigenvalue weighted by Crippen LogP contribution is -2.39. The van der Waals surface area contributed by atoms with Gasteiger partial charge in [-0.3, -0.25) is 4.79 Å². The van der Waals surface area contributed by atoms with E-state index in [-0.39, 0.29) is 41.6 Å². The number of carboxylic acid groups (broad SMARTS) is 1. The lowest BCUT2D eigenvalue weighted by atomic mass is 9.91. The van der Waals surface area contributed by atoms with Gasteiger partial charge in [-0.25, -0.2) is 9.18 Å². The second-order valence-electron chi connectivity index (χ2n) is 8.20. The van der Waals surface area contributed by atoms with Crippen molar-refractivity contribution in [1.29, 1.82) is 0 Å². The minimum atomic E-state index is -3.30. The number of aliphatic hydroxyl groups excluding tert-OH is 2. The van der Waals surface area contributed by atoms with E-state index in [1.54, 1.807) is 0 Å². The van der Waals surface area contributed by atoms with Crippen molar-refractivity contribution < 1.29 is 38.0 Å². The summed E-state index contributed by atoms with van der Waals surface area (Å²) in [5.74, 6) is -3.19. The minimum absolute atomic E-state index is 0.0586. The Labute approximate surface area is 180 Å². The molecule has 2 aromatic rings. The van der Waals surface area contributed by atoms with Crippen molar-refractivity contribution in [1.82, 2.24) is 4.57 Å². The van der Waals surface area contributed by atoms with E-state index in [1.807, 2.05) is 0 Å². The first-order valence-corrected chi connectivity index (χ1v) is 10.4. The predicted molar refractivity (Wildman–Crippen MR) is 108 cm³/mol. The topological polar surface area (TPSA) is 112 Å². The van der Waals surface area contributed by atoms with Crippen LogP contribution in [0.3, 0.4) is 0 Å². The molecule has 3 N–H and O–H groups in total. The van der Waals surface area contributed by atoms with E-state index in [1.165, 1.54) is 9.47 Å². The highest BCUT2D eigenvalue weighted by molar-refractivity contribution is 5.97. The fourth-order valence-electron chi connectivity index (χ4n) is 4.39. The summed E-state index contributed by atoms with van der Waals surface area (Å²) in [7, 11) is 0. The molecule has 2 heterocycles. The van der Waals surface area contributed by atoms with Crippen LogP contribution in [0, 0.1) is 11.7 Å². The first-order chi connectivity index (χ1) is 15.2. The molecule has 1 atom stereocenters. The Kier molecular flexibility index (Phi) is 6.04. The number of nitrogens with zero attached hydrogens (tertiary/aromatic N) is 2. The third-order valence-corrected chi connectivity index (χ3v) is 6.16. The number of halogens is 3. The molecule has 174 valence electrons. The van der Waals surface area contributed by atoms with Gasteiger partial charge in [-0.2, -0.15) is 8.78 Å². The third kappa shape index (κ3) is 4.02. The highest BCUT2D eigenvalue weighted by Gasteiger charge is 2.34. The molecule has 2 fully saturated rings. The van der Waals surface area contributed by atoms with Gasteiger partial charge in [0.25, 0.3) is 0 Å². The van der Waals surface area contributed by atoms with Crippen LogP contribution in [-0.4, -0.2) is 58.3 Å². The van der Waals surface area contributed by atoms with Crippen molar-refractivity contribution >= 4 is 22.6 Å².